The lowest BCUT2D eigenvalue weighted by atomic mass is 10.2. The van der Waals surface area contributed by atoms with Crippen molar-refractivity contribution in [2.24, 2.45) is 0 Å². The van der Waals surface area contributed by atoms with Crippen LogP contribution in [0.2, 0.25) is 0 Å². The molecular formula is C10H12NO3S+. The molecule has 0 aliphatic rings. The summed E-state index contributed by atoms with van der Waals surface area (Å²) in [6.45, 7) is 6.87. The summed E-state index contributed by atoms with van der Waals surface area (Å²) in [5.41, 5.74) is 0.992. The topological polar surface area (TPSA) is 47.7 Å². The van der Waals surface area contributed by atoms with Crippen molar-refractivity contribution < 1.29 is 12.6 Å². The maximum absolute atomic E-state index is 11.5. The lowest BCUT2D eigenvalue weighted by Gasteiger charge is -2.02. The van der Waals surface area contributed by atoms with Gasteiger partial charge in [-0.3, -0.25) is 4.18 Å². The highest BCUT2D eigenvalue weighted by molar-refractivity contribution is 7.86. The summed E-state index contributed by atoms with van der Waals surface area (Å²) >= 11 is 0. The molecule has 1 aromatic carbocycles. The molecule has 0 saturated carbocycles. The number of hydrogen-bond acceptors (Lipinski definition) is 3. The molecule has 0 amide bonds. The first-order chi connectivity index (χ1) is 7.06. The van der Waals surface area contributed by atoms with E-state index in [2.05, 4.69) is 4.85 Å². The normalized spacial score (nSPS) is 10.9. The average molecular weight is 226 g/mol. The van der Waals surface area contributed by atoms with Gasteiger partial charge in [0.1, 0.15) is 6.61 Å². The smallest absolute Gasteiger partial charge is 0.258 e. The Hall–Kier alpha value is -1.38. The Morgan fingerprint density at radius 3 is 2.47 bits per heavy atom. The van der Waals surface area contributed by atoms with Crippen LogP contribution in [0.4, 0.5) is 0 Å². The highest BCUT2D eigenvalue weighted by atomic mass is 32.2. The highest BCUT2D eigenvalue weighted by Gasteiger charge is 2.15. The largest absolute Gasteiger partial charge is 0.297 e. The van der Waals surface area contributed by atoms with Crippen molar-refractivity contribution >= 4 is 10.1 Å². The molecule has 5 heteroatoms. The molecule has 1 aromatic rings. The number of rotatable bonds is 4. The van der Waals surface area contributed by atoms with Crippen LogP contribution in [0.5, 0.6) is 0 Å². The van der Waals surface area contributed by atoms with Gasteiger partial charge in [-0.1, -0.05) is 22.5 Å². The van der Waals surface area contributed by atoms with Gasteiger partial charge < -0.3 is 0 Å². The first kappa shape index (κ1) is 11.7. The molecule has 0 fully saturated rings. The van der Waals surface area contributed by atoms with Crippen molar-refractivity contribution in [3.63, 3.8) is 0 Å². The Labute approximate surface area is 89.4 Å². The predicted molar refractivity (Wildman–Crippen MR) is 57.5 cm³/mol. The van der Waals surface area contributed by atoms with Gasteiger partial charge in [0.2, 0.25) is 0 Å². The fraction of sp³-hybridized carbons (Fsp3) is 0.300. The van der Waals surface area contributed by atoms with Crippen molar-refractivity contribution in [2.45, 2.75) is 11.8 Å². The maximum atomic E-state index is 11.5. The van der Waals surface area contributed by atoms with Crippen molar-refractivity contribution in [3.8, 4) is 6.57 Å². The molecule has 0 aliphatic carbocycles. The van der Waals surface area contributed by atoms with Crippen LogP contribution in [0, 0.1) is 13.5 Å². The molecule has 0 aliphatic heterocycles. The van der Waals surface area contributed by atoms with Crippen molar-refractivity contribution in [2.75, 3.05) is 13.2 Å². The fourth-order valence-electron chi connectivity index (χ4n) is 0.973. The van der Waals surface area contributed by atoms with Crippen LogP contribution in [0.3, 0.4) is 0 Å². The molecule has 0 bridgehead atoms. The molecule has 15 heavy (non-hydrogen) atoms. The van der Waals surface area contributed by atoms with Gasteiger partial charge in [-0.2, -0.15) is 8.42 Å². The maximum Gasteiger partial charge on any atom is 0.297 e. The molecule has 0 spiro atoms. The molecule has 0 N–H and O–H groups in total. The summed E-state index contributed by atoms with van der Waals surface area (Å²) in [6.07, 6.45) is 0. The molecule has 1 rings (SSSR count). The van der Waals surface area contributed by atoms with Gasteiger partial charge in [0, 0.05) is 0 Å². The van der Waals surface area contributed by atoms with E-state index in [9.17, 15) is 8.42 Å². The number of aryl methyl sites for hydroxylation is 1. The predicted octanol–water partition coefficient (Wildman–Crippen LogP) is 1.66. The van der Waals surface area contributed by atoms with Crippen LogP contribution in [0.15, 0.2) is 29.2 Å². The van der Waals surface area contributed by atoms with Crippen LogP contribution in [-0.2, 0) is 14.3 Å². The minimum absolute atomic E-state index is 0.0350. The lowest BCUT2D eigenvalue weighted by molar-refractivity contribution is 0.335. The molecule has 0 radical (unpaired) electrons. The zero-order valence-corrected chi connectivity index (χ0v) is 9.20. The molecular weight excluding hydrogens is 214 g/mol. The lowest BCUT2D eigenvalue weighted by Crippen LogP contribution is -2.08. The third-order valence-electron chi connectivity index (χ3n) is 1.77. The van der Waals surface area contributed by atoms with Crippen LogP contribution >= 0.6 is 0 Å². The second-order valence-electron chi connectivity index (χ2n) is 3.00. The Morgan fingerprint density at radius 2 is 1.93 bits per heavy atom. The summed E-state index contributed by atoms with van der Waals surface area (Å²) in [6, 6.07) is 6.43. The third-order valence-corrected chi connectivity index (χ3v) is 3.10. The van der Waals surface area contributed by atoms with E-state index in [1.165, 1.54) is 12.1 Å². The van der Waals surface area contributed by atoms with Crippen LogP contribution < -0.4 is 0 Å². The minimum Gasteiger partial charge on any atom is -0.258 e. The van der Waals surface area contributed by atoms with E-state index in [0.717, 1.165) is 5.56 Å². The zero-order chi connectivity index (χ0) is 11.3. The fourth-order valence-corrected chi connectivity index (χ4v) is 1.87. The van der Waals surface area contributed by atoms with Crippen molar-refractivity contribution in [1.82, 2.24) is 0 Å². The monoisotopic (exact) mass is 226 g/mol. The Morgan fingerprint density at radius 1 is 1.33 bits per heavy atom. The SMILES string of the molecule is C#[N+]CCOS(=O)(=O)c1ccc(C)cc1. The van der Waals surface area contributed by atoms with Gasteiger partial charge in [-0.15, -0.1) is 0 Å². The van der Waals surface area contributed by atoms with E-state index in [-0.39, 0.29) is 18.0 Å². The summed E-state index contributed by atoms with van der Waals surface area (Å²) in [4.78, 5) is 3.40. The quantitative estimate of drug-likeness (QED) is 0.579. The van der Waals surface area contributed by atoms with Gasteiger partial charge >= 0.3 is 0 Å². The summed E-state index contributed by atoms with van der Waals surface area (Å²) in [7, 11) is -3.66. The first-order valence-corrected chi connectivity index (χ1v) is 5.80. The van der Waals surface area contributed by atoms with Gasteiger partial charge in [0.25, 0.3) is 23.2 Å². The number of nitrogens with zero attached hydrogens (tertiary/aromatic N) is 1. The van der Waals surface area contributed by atoms with Gasteiger partial charge in [0.05, 0.1) is 4.90 Å². The molecule has 0 saturated heterocycles. The Kier molecular flexibility index (Phi) is 3.83. The molecule has 80 valence electrons. The van der Waals surface area contributed by atoms with Crippen LogP contribution in [0.25, 0.3) is 4.85 Å². The van der Waals surface area contributed by atoms with E-state index < -0.39 is 10.1 Å². The second-order valence-corrected chi connectivity index (χ2v) is 4.61. The van der Waals surface area contributed by atoms with Crippen molar-refractivity contribution in [3.05, 3.63) is 34.7 Å². The molecule has 0 heterocycles. The second kappa shape index (κ2) is 4.91. The van der Waals surface area contributed by atoms with Crippen LogP contribution in [-0.4, -0.2) is 21.6 Å². The van der Waals surface area contributed by atoms with Crippen LogP contribution in [0.1, 0.15) is 5.56 Å². The minimum atomic E-state index is -3.66. The van der Waals surface area contributed by atoms with E-state index in [4.69, 9.17) is 10.8 Å². The number of hydrogen-bond donors (Lipinski definition) is 0. The molecule has 0 unspecified atom stereocenters. The first-order valence-electron chi connectivity index (χ1n) is 4.39. The summed E-state index contributed by atoms with van der Waals surface area (Å²) in [5, 5.41) is 0. The summed E-state index contributed by atoms with van der Waals surface area (Å²) < 4.78 is 27.7. The molecule has 4 nitrogen and oxygen atoms in total. The van der Waals surface area contributed by atoms with Gasteiger partial charge in [-0.25, -0.2) is 0 Å². The van der Waals surface area contributed by atoms with E-state index >= 15 is 0 Å². The Bertz CT molecular complexity index is 456. The van der Waals surface area contributed by atoms with E-state index in [0.29, 0.717) is 0 Å². The van der Waals surface area contributed by atoms with Gasteiger partial charge in [0.15, 0.2) is 0 Å². The average Bonchev–Trinajstić information content (AvgIpc) is 2.18. The third kappa shape index (κ3) is 3.35. The standard InChI is InChI=1S/C10H12NO3S/c1-9-3-5-10(6-4-9)15(12,13)14-8-7-11-2/h2-6H,7-8H2,1H3/q+1. The molecule has 0 aromatic heterocycles. The zero-order valence-electron chi connectivity index (χ0n) is 8.38. The van der Waals surface area contributed by atoms with Crippen molar-refractivity contribution in [1.29, 1.82) is 0 Å². The number of benzene rings is 1. The van der Waals surface area contributed by atoms with Gasteiger partial charge in [-0.05, 0) is 19.1 Å². The molecule has 0 atom stereocenters. The van der Waals surface area contributed by atoms with E-state index in [1.54, 1.807) is 12.1 Å². The Balaban J connectivity index is 2.79. The summed E-state index contributed by atoms with van der Waals surface area (Å²) in [5.74, 6) is 0. The van der Waals surface area contributed by atoms with E-state index in [1.807, 2.05) is 6.92 Å². The highest BCUT2D eigenvalue weighted by Crippen LogP contribution is 2.12.